The standard InChI is InChI=1S/C16H21NO4/c1-3-13(21-14-7-5-4-6-11(14)2)16(20)17(10-15(18)19)12-8-9-12/h4-7,12-13H,3,8-10H2,1-2H3,(H,18,19). The van der Waals surface area contributed by atoms with Crippen LogP contribution in [0, 0.1) is 6.92 Å². The zero-order valence-electron chi connectivity index (χ0n) is 12.4. The van der Waals surface area contributed by atoms with E-state index in [-0.39, 0.29) is 18.5 Å². The van der Waals surface area contributed by atoms with Gasteiger partial charge in [0.15, 0.2) is 6.10 Å². The van der Waals surface area contributed by atoms with Crippen molar-refractivity contribution in [3.63, 3.8) is 0 Å². The Bertz CT molecular complexity index is 525. The van der Waals surface area contributed by atoms with Crippen LogP contribution < -0.4 is 4.74 Å². The van der Waals surface area contributed by atoms with E-state index in [0.717, 1.165) is 18.4 Å². The first kappa shape index (κ1) is 15.4. The first-order valence-electron chi connectivity index (χ1n) is 7.27. The summed E-state index contributed by atoms with van der Waals surface area (Å²) in [4.78, 5) is 24.9. The van der Waals surface area contributed by atoms with Crippen LogP contribution in [0.15, 0.2) is 24.3 Å². The smallest absolute Gasteiger partial charge is 0.323 e. The number of aryl methyl sites for hydroxylation is 1. The van der Waals surface area contributed by atoms with Gasteiger partial charge in [-0.15, -0.1) is 0 Å². The lowest BCUT2D eigenvalue weighted by Gasteiger charge is -2.26. The number of rotatable bonds is 7. The first-order chi connectivity index (χ1) is 10.0. The fourth-order valence-corrected chi connectivity index (χ4v) is 2.25. The molecule has 1 aromatic carbocycles. The summed E-state index contributed by atoms with van der Waals surface area (Å²) in [6.45, 7) is 3.53. The molecule has 0 aliphatic heterocycles. The second kappa shape index (κ2) is 6.61. The number of amides is 1. The van der Waals surface area contributed by atoms with Crippen LogP contribution in [0.3, 0.4) is 0 Å². The molecular formula is C16H21NO4. The monoisotopic (exact) mass is 291 g/mol. The number of carbonyl (C=O) groups is 2. The average Bonchev–Trinajstić information content (AvgIpc) is 3.27. The van der Waals surface area contributed by atoms with Crippen LogP contribution in [0.4, 0.5) is 0 Å². The van der Waals surface area contributed by atoms with Crippen molar-refractivity contribution >= 4 is 11.9 Å². The third-order valence-corrected chi connectivity index (χ3v) is 3.59. The maximum absolute atomic E-state index is 12.5. The van der Waals surface area contributed by atoms with Gasteiger partial charge in [0.2, 0.25) is 0 Å². The van der Waals surface area contributed by atoms with Crippen LogP contribution in [0.1, 0.15) is 31.7 Å². The van der Waals surface area contributed by atoms with Crippen molar-refractivity contribution in [2.45, 2.75) is 45.3 Å². The number of carboxylic acids is 1. The largest absolute Gasteiger partial charge is 0.480 e. The molecule has 0 saturated heterocycles. The lowest BCUT2D eigenvalue weighted by molar-refractivity contribution is -0.148. The van der Waals surface area contributed by atoms with Crippen molar-refractivity contribution in [2.24, 2.45) is 0 Å². The van der Waals surface area contributed by atoms with Crippen molar-refractivity contribution < 1.29 is 19.4 Å². The fourth-order valence-electron chi connectivity index (χ4n) is 2.25. The van der Waals surface area contributed by atoms with Gasteiger partial charge in [0.25, 0.3) is 5.91 Å². The number of nitrogens with zero attached hydrogens (tertiary/aromatic N) is 1. The molecule has 1 amide bonds. The second-order valence-electron chi connectivity index (χ2n) is 5.37. The van der Waals surface area contributed by atoms with Crippen molar-refractivity contribution in [1.29, 1.82) is 0 Å². The number of hydrogen-bond donors (Lipinski definition) is 1. The maximum atomic E-state index is 12.5. The lowest BCUT2D eigenvalue weighted by atomic mass is 10.2. The minimum absolute atomic E-state index is 0.0584. The summed E-state index contributed by atoms with van der Waals surface area (Å²) in [5.74, 6) is -0.546. The summed E-state index contributed by atoms with van der Waals surface area (Å²) in [5.41, 5.74) is 0.958. The van der Waals surface area contributed by atoms with Gasteiger partial charge in [0, 0.05) is 6.04 Å². The number of benzene rings is 1. The van der Waals surface area contributed by atoms with Gasteiger partial charge in [0.1, 0.15) is 12.3 Å². The molecule has 0 radical (unpaired) electrons. The molecule has 1 fully saturated rings. The fraction of sp³-hybridized carbons (Fsp3) is 0.500. The number of carbonyl (C=O) groups excluding carboxylic acids is 1. The predicted octanol–water partition coefficient (Wildman–Crippen LogP) is 2.23. The number of carboxylic acid groups (broad SMARTS) is 1. The highest BCUT2D eigenvalue weighted by Crippen LogP contribution is 2.28. The molecule has 0 spiro atoms. The molecule has 1 unspecified atom stereocenters. The Morgan fingerprint density at radius 1 is 1.38 bits per heavy atom. The molecule has 5 heteroatoms. The van der Waals surface area contributed by atoms with Crippen LogP contribution in [-0.2, 0) is 9.59 Å². The molecule has 1 saturated carbocycles. The van der Waals surface area contributed by atoms with E-state index >= 15 is 0 Å². The molecule has 0 heterocycles. The summed E-state index contributed by atoms with van der Waals surface area (Å²) in [6.07, 6.45) is 1.63. The van der Waals surface area contributed by atoms with Gasteiger partial charge in [-0.05, 0) is 37.8 Å². The molecule has 1 aliphatic carbocycles. The Hall–Kier alpha value is -2.04. The summed E-state index contributed by atoms with van der Waals surface area (Å²) < 4.78 is 5.81. The number of para-hydroxylation sites is 1. The van der Waals surface area contributed by atoms with E-state index < -0.39 is 12.1 Å². The Morgan fingerprint density at radius 3 is 2.57 bits per heavy atom. The molecule has 1 aromatic rings. The highest BCUT2D eigenvalue weighted by molar-refractivity contribution is 5.85. The van der Waals surface area contributed by atoms with Gasteiger partial charge in [-0.1, -0.05) is 25.1 Å². The third-order valence-electron chi connectivity index (χ3n) is 3.59. The minimum Gasteiger partial charge on any atom is -0.480 e. The van der Waals surface area contributed by atoms with Crippen molar-refractivity contribution in [2.75, 3.05) is 6.54 Å². The number of ether oxygens (including phenoxy) is 1. The van der Waals surface area contributed by atoms with E-state index in [9.17, 15) is 9.59 Å². The number of hydrogen-bond acceptors (Lipinski definition) is 3. The van der Waals surface area contributed by atoms with Gasteiger partial charge in [0.05, 0.1) is 0 Å². The van der Waals surface area contributed by atoms with Gasteiger partial charge >= 0.3 is 5.97 Å². The molecular weight excluding hydrogens is 270 g/mol. The number of aliphatic carboxylic acids is 1. The normalized spacial score (nSPS) is 15.3. The van der Waals surface area contributed by atoms with Crippen LogP contribution in [0.25, 0.3) is 0 Å². The van der Waals surface area contributed by atoms with Crippen molar-refractivity contribution in [3.8, 4) is 5.75 Å². The van der Waals surface area contributed by atoms with Crippen molar-refractivity contribution in [1.82, 2.24) is 4.90 Å². The molecule has 0 bridgehead atoms. The molecule has 21 heavy (non-hydrogen) atoms. The van der Waals surface area contributed by atoms with E-state index in [2.05, 4.69) is 0 Å². The average molecular weight is 291 g/mol. The molecule has 1 aliphatic rings. The van der Waals surface area contributed by atoms with Gasteiger partial charge in [-0.3, -0.25) is 9.59 Å². The Morgan fingerprint density at radius 2 is 2.05 bits per heavy atom. The Labute approximate surface area is 124 Å². The van der Waals surface area contributed by atoms with E-state index in [1.165, 1.54) is 4.90 Å². The Balaban J connectivity index is 2.10. The third kappa shape index (κ3) is 3.97. The maximum Gasteiger partial charge on any atom is 0.323 e. The molecule has 5 nitrogen and oxygen atoms in total. The summed E-state index contributed by atoms with van der Waals surface area (Å²) >= 11 is 0. The highest BCUT2D eigenvalue weighted by atomic mass is 16.5. The summed E-state index contributed by atoms with van der Waals surface area (Å²) in [6, 6.07) is 7.57. The van der Waals surface area contributed by atoms with Crippen LogP contribution in [-0.4, -0.2) is 40.6 Å². The zero-order chi connectivity index (χ0) is 15.4. The van der Waals surface area contributed by atoms with E-state index in [1.54, 1.807) is 0 Å². The molecule has 1 atom stereocenters. The van der Waals surface area contributed by atoms with Crippen LogP contribution in [0.2, 0.25) is 0 Å². The molecule has 2 rings (SSSR count). The quantitative estimate of drug-likeness (QED) is 0.836. The van der Waals surface area contributed by atoms with Crippen LogP contribution >= 0.6 is 0 Å². The van der Waals surface area contributed by atoms with Crippen molar-refractivity contribution in [3.05, 3.63) is 29.8 Å². The molecule has 114 valence electrons. The van der Waals surface area contributed by atoms with E-state index in [1.807, 2.05) is 38.1 Å². The van der Waals surface area contributed by atoms with Gasteiger partial charge in [-0.2, -0.15) is 0 Å². The topological polar surface area (TPSA) is 66.8 Å². The zero-order valence-corrected chi connectivity index (χ0v) is 12.4. The van der Waals surface area contributed by atoms with Gasteiger partial charge in [-0.25, -0.2) is 0 Å². The predicted molar refractivity (Wildman–Crippen MR) is 78.3 cm³/mol. The second-order valence-corrected chi connectivity index (χ2v) is 5.37. The first-order valence-corrected chi connectivity index (χ1v) is 7.27. The summed E-state index contributed by atoms with van der Waals surface area (Å²) in [7, 11) is 0. The van der Waals surface area contributed by atoms with Gasteiger partial charge < -0.3 is 14.7 Å². The molecule has 1 N–H and O–H groups in total. The SMILES string of the molecule is CCC(Oc1ccccc1C)C(=O)N(CC(=O)O)C1CC1. The Kier molecular flexibility index (Phi) is 4.83. The highest BCUT2D eigenvalue weighted by Gasteiger charge is 2.37. The minimum atomic E-state index is -0.985. The molecule has 0 aromatic heterocycles. The van der Waals surface area contributed by atoms with E-state index in [4.69, 9.17) is 9.84 Å². The van der Waals surface area contributed by atoms with E-state index in [0.29, 0.717) is 12.2 Å². The lowest BCUT2D eigenvalue weighted by Crippen LogP contribution is -2.45. The summed E-state index contributed by atoms with van der Waals surface area (Å²) in [5, 5.41) is 8.96. The van der Waals surface area contributed by atoms with Crippen LogP contribution in [0.5, 0.6) is 5.75 Å².